The molecule has 0 N–H and O–H groups in total. The van der Waals surface area contributed by atoms with E-state index in [1.165, 1.54) is 0 Å². The first kappa shape index (κ1) is 15.1. The van der Waals surface area contributed by atoms with Gasteiger partial charge >= 0.3 is 0 Å². The standard InChI is InChI=1S/C16H26N2O2/c1-16(2,3)15(20)18-10-8-17(9-11-18)14(19)12-13-6-4-5-7-13/h4,6,13H,5,7-12H2,1-3H3. The van der Waals surface area contributed by atoms with E-state index in [4.69, 9.17) is 0 Å². The third-order valence-corrected chi connectivity index (χ3v) is 4.11. The minimum Gasteiger partial charge on any atom is -0.339 e. The molecule has 1 fully saturated rings. The molecule has 20 heavy (non-hydrogen) atoms. The number of nitrogens with zero attached hydrogens (tertiary/aromatic N) is 2. The smallest absolute Gasteiger partial charge is 0.228 e. The second-order valence-electron chi connectivity index (χ2n) is 6.89. The number of carbonyl (C=O) groups is 2. The molecule has 1 unspecified atom stereocenters. The number of piperazine rings is 1. The van der Waals surface area contributed by atoms with Crippen molar-refractivity contribution in [3.63, 3.8) is 0 Å². The summed E-state index contributed by atoms with van der Waals surface area (Å²) in [5.74, 6) is 0.851. The minimum absolute atomic E-state index is 0.184. The van der Waals surface area contributed by atoms with Crippen molar-refractivity contribution in [1.82, 2.24) is 9.80 Å². The van der Waals surface area contributed by atoms with Gasteiger partial charge in [0.2, 0.25) is 11.8 Å². The molecule has 2 rings (SSSR count). The summed E-state index contributed by atoms with van der Waals surface area (Å²) in [7, 11) is 0. The summed E-state index contributed by atoms with van der Waals surface area (Å²) in [4.78, 5) is 28.2. The fraction of sp³-hybridized carbons (Fsp3) is 0.750. The lowest BCUT2D eigenvalue weighted by Crippen LogP contribution is -2.53. The molecule has 0 bridgehead atoms. The van der Waals surface area contributed by atoms with Gasteiger partial charge in [-0.15, -0.1) is 0 Å². The topological polar surface area (TPSA) is 40.6 Å². The number of amides is 2. The predicted molar refractivity (Wildman–Crippen MR) is 79.1 cm³/mol. The van der Waals surface area contributed by atoms with Crippen LogP contribution in [0, 0.1) is 11.3 Å². The Bertz CT molecular complexity index is 401. The van der Waals surface area contributed by atoms with E-state index in [1.807, 2.05) is 30.6 Å². The Morgan fingerprint density at radius 3 is 2.20 bits per heavy atom. The van der Waals surface area contributed by atoms with Crippen LogP contribution in [0.1, 0.15) is 40.0 Å². The zero-order chi connectivity index (χ0) is 14.8. The van der Waals surface area contributed by atoms with Crippen LogP contribution in [0.5, 0.6) is 0 Å². The molecule has 0 aromatic carbocycles. The van der Waals surface area contributed by atoms with Crippen LogP contribution in [-0.4, -0.2) is 47.8 Å². The molecule has 4 heteroatoms. The van der Waals surface area contributed by atoms with Gasteiger partial charge in [-0.1, -0.05) is 32.9 Å². The molecule has 4 nitrogen and oxygen atoms in total. The van der Waals surface area contributed by atoms with Crippen molar-refractivity contribution in [1.29, 1.82) is 0 Å². The SMILES string of the molecule is CC(C)(C)C(=O)N1CCN(C(=O)CC2C=CCC2)CC1. The van der Waals surface area contributed by atoms with Crippen molar-refractivity contribution in [2.24, 2.45) is 11.3 Å². The molecule has 2 aliphatic rings. The Kier molecular flexibility index (Phi) is 4.51. The molecule has 1 atom stereocenters. The fourth-order valence-electron chi connectivity index (χ4n) is 2.85. The number of allylic oxidation sites excluding steroid dienone is 2. The molecular weight excluding hydrogens is 252 g/mol. The first-order chi connectivity index (χ1) is 9.38. The highest BCUT2D eigenvalue weighted by molar-refractivity contribution is 5.82. The van der Waals surface area contributed by atoms with Crippen molar-refractivity contribution >= 4 is 11.8 Å². The minimum atomic E-state index is -0.333. The Morgan fingerprint density at radius 2 is 1.70 bits per heavy atom. The van der Waals surface area contributed by atoms with Crippen molar-refractivity contribution in [2.45, 2.75) is 40.0 Å². The van der Waals surface area contributed by atoms with E-state index in [9.17, 15) is 9.59 Å². The molecule has 0 radical (unpaired) electrons. The van der Waals surface area contributed by atoms with Gasteiger partial charge in [0.25, 0.3) is 0 Å². The van der Waals surface area contributed by atoms with E-state index >= 15 is 0 Å². The summed E-state index contributed by atoms with van der Waals surface area (Å²) in [6, 6.07) is 0. The lowest BCUT2D eigenvalue weighted by molar-refractivity contribution is -0.145. The van der Waals surface area contributed by atoms with Crippen LogP contribution in [-0.2, 0) is 9.59 Å². The Labute approximate surface area is 121 Å². The maximum absolute atomic E-state index is 12.2. The maximum atomic E-state index is 12.2. The second kappa shape index (κ2) is 5.98. The molecule has 2 amide bonds. The van der Waals surface area contributed by atoms with Crippen LogP contribution in [0.2, 0.25) is 0 Å². The monoisotopic (exact) mass is 278 g/mol. The van der Waals surface area contributed by atoms with Gasteiger partial charge in [0.15, 0.2) is 0 Å². The van der Waals surface area contributed by atoms with Crippen LogP contribution in [0.25, 0.3) is 0 Å². The van der Waals surface area contributed by atoms with Crippen molar-refractivity contribution < 1.29 is 9.59 Å². The predicted octanol–water partition coefficient (Wildman–Crippen LogP) is 2.06. The Morgan fingerprint density at radius 1 is 1.10 bits per heavy atom. The zero-order valence-corrected chi connectivity index (χ0v) is 12.9. The number of hydrogen-bond donors (Lipinski definition) is 0. The van der Waals surface area contributed by atoms with Crippen molar-refractivity contribution in [2.75, 3.05) is 26.2 Å². The molecule has 112 valence electrons. The van der Waals surface area contributed by atoms with Gasteiger partial charge in [0.05, 0.1) is 0 Å². The van der Waals surface area contributed by atoms with Crippen LogP contribution >= 0.6 is 0 Å². The molecule has 1 saturated heterocycles. The average molecular weight is 278 g/mol. The third-order valence-electron chi connectivity index (χ3n) is 4.11. The van der Waals surface area contributed by atoms with Crippen LogP contribution in [0.4, 0.5) is 0 Å². The van der Waals surface area contributed by atoms with E-state index in [1.54, 1.807) is 0 Å². The molecular formula is C16H26N2O2. The first-order valence-corrected chi connectivity index (χ1v) is 7.62. The summed E-state index contributed by atoms with van der Waals surface area (Å²) >= 11 is 0. The van der Waals surface area contributed by atoms with Crippen LogP contribution in [0.15, 0.2) is 12.2 Å². The summed E-state index contributed by atoms with van der Waals surface area (Å²) in [6.45, 7) is 8.52. The maximum Gasteiger partial charge on any atom is 0.228 e. The first-order valence-electron chi connectivity index (χ1n) is 7.62. The summed E-state index contributed by atoms with van der Waals surface area (Å²) in [6.07, 6.45) is 7.17. The zero-order valence-electron chi connectivity index (χ0n) is 12.9. The van der Waals surface area contributed by atoms with E-state index in [2.05, 4.69) is 12.2 Å². The van der Waals surface area contributed by atoms with Crippen LogP contribution < -0.4 is 0 Å². The van der Waals surface area contributed by atoms with Gasteiger partial charge in [-0.2, -0.15) is 0 Å². The second-order valence-corrected chi connectivity index (χ2v) is 6.89. The fourth-order valence-corrected chi connectivity index (χ4v) is 2.85. The normalized spacial score (nSPS) is 23.2. The summed E-state index contributed by atoms with van der Waals surface area (Å²) in [5.41, 5.74) is -0.333. The van der Waals surface area contributed by atoms with Gasteiger partial charge < -0.3 is 9.80 Å². The van der Waals surface area contributed by atoms with Crippen molar-refractivity contribution in [3.8, 4) is 0 Å². The highest BCUT2D eigenvalue weighted by atomic mass is 16.2. The quantitative estimate of drug-likeness (QED) is 0.725. The molecule has 1 heterocycles. The number of rotatable bonds is 2. The van der Waals surface area contributed by atoms with Gasteiger partial charge in [-0.05, 0) is 18.8 Å². The van der Waals surface area contributed by atoms with Crippen molar-refractivity contribution in [3.05, 3.63) is 12.2 Å². The molecule has 1 aliphatic carbocycles. The van der Waals surface area contributed by atoms with Gasteiger partial charge in [0, 0.05) is 38.0 Å². The molecule has 0 aromatic rings. The average Bonchev–Trinajstić information content (AvgIpc) is 2.90. The highest BCUT2D eigenvalue weighted by Gasteiger charge is 2.31. The lowest BCUT2D eigenvalue weighted by atomic mass is 9.94. The Hall–Kier alpha value is -1.32. The van der Waals surface area contributed by atoms with E-state index in [0.29, 0.717) is 38.5 Å². The molecule has 0 saturated carbocycles. The number of hydrogen-bond acceptors (Lipinski definition) is 2. The van der Waals surface area contributed by atoms with Gasteiger partial charge in [-0.25, -0.2) is 0 Å². The molecule has 0 spiro atoms. The van der Waals surface area contributed by atoms with E-state index in [-0.39, 0.29) is 17.2 Å². The largest absolute Gasteiger partial charge is 0.339 e. The highest BCUT2D eigenvalue weighted by Crippen LogP contribution is 2.22. The van der Waals surface area contributed by atoms with Crippen LogP contribution in [0.3, 0.4) is 0 Å². The number of carbonyl (C=O) groups excluding carboxylic acids is 2. The lowest BCUT2D eigenvalue weighted by Gasteiger charge is -2.38. The Balaban J connectivity index is 1.80. The molecule has 1 aliphatic heterocycles. The van der Waals surface area contributed by atoms with E-state index in [0.717, 1.165) is 12.8 Å². The van der Waals surface area contributed by atoms with Gasteiger partial charge in [-0.3, -0.25) is 9.59 Å². The molecule has 0 aromatic heterocycles. The van der Waals surface area contributed by atoms with Gasteiger partial charge in [0.1, 0.15) is 0 Å². The summed E-state index contributed by atoms with van der Waals surface area (Å²) in [5, 5.41) is 0. The van der Waals surface area contributed by atoms with E-state index < -0.39 is 0 Å². The third kappa shape index (κ3) is 3.62. The summed E-state index contributed by atoms with van der Waals surface area (Å²) < 4.78 is 0.